The topological polar surface area (TPSA) is 34.9 Å². The quantitative estimate of drug-likeness (QED) is 0.798. The molecule has 2 aromatic rings. The van der Waals surface area contributed by atoms with Crippen molar-refractivity contribution in [1.82, 2.24) is 9.55 Å². The number of imidazole rings is 1. The van der Waals surface area contributed by atoms with Crippen LogP contribution in [0, 0.1) is 0 Å². The number of nitrogens with zero attached hydrogens (tertiary/aromatic N) is 2. The van der Waals surface area contributed by atoms with Gasteiger partial charge in [-0.3, -0.25) is 9.36 Å². The Balaban J connectivity index is 2.15. The molecule has 1 heterocycles. The highest BCUT2D eigenvalue weighted by Crippen LogP contribution is 2.27. The molecule has 0 atom stereocenters. The van der Waals surface area contributed by atoms with Gasteiger partial charge in [-0.15, -0.1) is 0 Å². The second-order valence-electron chi connectivity index (χ2n) is 4.29. The fraction of sp³-hybridized carbons (Fsp3) is 0.231. The van der Waals surface area contributed by atoms with Crippen LogP contribution in [0.2, 0.25) is 10.0 Å². The molecule has 0 fully saturated rings. The number of Topliss-reactive ketones (excluding diaryl/α,β-unsaturated/α-hetero) is 1. The number of hydrogen-bond acceptors (Lipinski definition) is 2. The lowest BCUT2D eigenvalue weighted by Gasteiger charge is -2.13. The van der Waals surface area contributed by atoms with E-state index < -0.39 is 0 Å². The summed E-state index contributed by atoms with van der Waals surface area (Å²) in [6.07, 6.45) is 3.99. The number of aromatic nitrogens is 2. The van der Waals surface area contributed by atoms with Crippen LogP contribution in [0.4, 0.5) is 0 Å². The van der Waals surface area contributed by atoms with Crippen LogP contribution in [-0.2, 0) is 6.42 Å². The Morgan fingerprint density at radius 2 is 2.00 bits per heavy atom. The number of rotatable bonds is 1. The van der Waals surface area contributed by atoms with E-state index in [9.17, 15) is 4.79 Å². The van der Waals surface area contributed by atoms with Gasteiger partial charge in [-0.2, -0.15) is 0 Å². The van der Waals surface area contributed by atoms with Gasteiger partial charge in [-0.25, -0.2) is 4.98 Å². The largest absolute Gasteiger partial charge is 0.296 e. The monoisotopic (exact) mass is 280 g/mol. The van der Waals surface area contributed by atoms with Gasteiger partial charge >= 0.3 is 0 Å². The first-order valence-electron chi connectivity index (χ1n) is 5.71. The van der Waals surface area contributed by atoms with Crippen molar-refractivity contribution in [1.29, 1.82) is 0 Å². The number of carbonyl (C=O) groups is 1. The first kappa shape index (κ1) is 11.8. The highest BCUT2D eigenvalue weighted by Gasteiger charge is 2.23. The molecule has 1 aliphatic carbocycles. The van der Waals surface area contributed by atoms with E-state index in [0.717, 1.165) is 24.2 Å². The Bertz CT molecular complexity index is 634. The SMILES string of the molecule is O=C1CCCc2ncn(-c3ccc(Cl)c(Cl)c3)c21. The molecule has 92 valence electrons. The number of benzene rings is 1. The van der Waals surface area contributed by atoms with E-state index in [2.05, 4.69) is 4.98 Å². The van der Waals surface area contributed by atoms with Crippen molar-refractivity contribution in [2.75, 3.05) is 0 Å². The van der Waals surface area contributed by atoms with Gasteiger partial charge in [0.15, 0.2) is 5.78 Å². The van der Waals surface area contributed by atoms with Gasteiger partial charge in [0.05, 0.1) is 15.7 Å². The van der Waals surface area contributed by atoms with Crippen LogP contribution < -0.4 is 0 Å². The van der Waals surface area contributed by atoms with Crippen LogP contribution in [0.3, 0.4) is 0 Å². The van der Waals surface area contributed by atoms with Crippen molar-refractivity contribution in [2.24, 2.45) is 0 Å². The first-order valence-corrected chi connectivity index (χ1v) is 6.47. The average Bonchev–Trinajstić information content (AvgIpc) is 2.78. The van der Waals surface area contributed by atoms with Crippen molar-refractivity contribution in [3.63, 3.8) is 0 Å². The lowest BCUT2D eigenvalue weighted by Crippen LogP contribution is -2.14. The zero-order chi connectivity index (χ0) is 12.7. The Morgan fingerprint density at radius 1 is 1.17 bits per heavy atom. The van der Waals surface area contributed by atoms with Crippen LogP contribution in [-0.4, -0.2) is 15.3 Å². The summed E-state index contributed by atoms with van der Waals surface area (Å²) in [4.78, 5) is 16.3. The number of fused-ring (bicyclic) bond motifs is 1. The van der Waals surface area contributed by atoms with Crippen molar-refractivity contribution < 1.29 is 4.79 Å². The van der Waals surface area contributed by atoms with Gasteiger partial charge in [0, 0.05) is 12.1 Å². The Kier molecular flexibility index (Phi) is 2.88. The molecule has 0 amide bonds. The normalized spacial score (nSPS) is 14.7. The van der Waals surface area contributed by atoms with Gasteiger partial charge in [-0.1, -0.05) is 23.2 Å². The molecule has 0 unspecified atom stereocenters. The molecule has 0 spiro atoms. The summed E-state index contributed by atoms with van der Waals surface area (Å²) in [5.74, 6) is 0.139. The van der Waals surface area contributed by atoms with Crippen molar-refractivity contribution in [3.8, 4) is 5.69 Å². The summed E-state index contributed by atoms with van der Waals surface area (Å²) in [5, 5.41) is 0.973. The number of halogens is 2. The van der Waals surface area contributed by atoms with Gasteiger partial charge in [0.2, 0.25) is 0 Å². The molecule has 1 aromatic carbocycles. The predicted octanol–water partition coefficient (Wildman–Crippen LogP) is 3.70. The molecule has 18 heavy (non-hydrogen) atoms. The highest BCUT2D eigenvalue weighted by molar-refractivity contribution is 6.42. The van der Waals surface area contributed by atoms with Gasteiger partial charge < -0.3 is 0 Å². The number of hydrogen-bond donors (Lipinski definition) is 0. The zero-order valence-electron chi connectivity index (χ0n) is 9.49. The highest BCUT2D eigenvalue weighted by atomic mass is 35.5. The Labute approximate surface area is 114 Å². The van der Waals surface area contributed by atoms with Crippen LogP contribution in [0.25, 0.3) is 5.69 Å². The summed E-state index contributed by atoms with van der Waals surface area (Å²) in [5.41, 5.74) is 2.37. The summed E-state index contributed by atoms with van der Waals surface area (Å²) in [7, 11) is 0. The zero-order valence-corrected chi connectivity index (χ0v) is 11.0. The molecule has 0 N–H and O–H groups in total. The second kappa shape index (κ2) is 4.41. The molecule has 1 aliphatic rings. The van der Waals surface area contributed by atoms with Crippen LogP contribution >= 0.6 is 23.2 Å². The first-order chi connectivity index (χ1) is 8.66. The third-order valence-electron chi connectivity index (χ3n) is 3.11. The summed E-state index contributed by atoms with van der Waals surface area (Å²) in [6.45, 7) is 0. The Morgan fingerprint density at radius 3 is 2.78 bits per heavy atom. The van der Waals surface area contributed by atoms with Gasteiger partial charge in [-0.05, 0) is 31.0 Å². The minimum absolute atomic E-state index is 0.139. The molecular weight excluding hydrogens is 271 g/mol. The van der Waals surface area contributed by atoms with Crippen LogP contribution in [0.5, 0.6) is 0 Å². The molecule has 3 nitrogen and oxygen atoms in total. The van der Waals surface area contributed by atoms with Gasteiger partial charge in [0.25, 0.3) is 0 Å². The van der Waals surface area contributed by atoms with Gasteiger partial charge in [0.1, 0.15) is 12.0 Å². The fourth-order valence-electron chi connectivity index (χ4n) is 2.23. The maximum Gasteiger partial charge on any atom is 0.181 e. The predicted molar refractivity (Wildman–Crippen MR) is 70.9 cm³/mol. The average molecular weight is 281 g/mol. The third kappa shape index (κ3) is 1.84. The minimum atomic E-state index is 0.139. The maximum atomic E-state index is 12.0. The summed E-state index contributed by atoms with van der Waals surface area (Å²) < 4.78 is 1.79. The molecular formula is C13H10Cl2N2O. The standard InChI is InChI=1S/C13H10Cl2N2O/c14-9-5-4-8(6-10(9)15)17-7-16-11-2-1-3-12(18)13(11)17/h4-7H,1-3H2. The molecule has 0 saturated heterocycles. The maximum absolute atomic E-state index is 12.0. The molecule has 1 aromatic heterocycles. The Hall–Kier alpha value is -1.32. The molecule has 0 aliphatic heterocycles. The molecule has 5 heteroatoms. The number of ketones is 1. The summed E-state index contributed by atoms with van der Waals surface area (Å²) >= 11 is 11.9. The second-order valence-corrected chi connectivity index (χ2v) is 5.10. The van der Waals surface area contributed by atoms with E-state index in [-0.39, 0.29) is 5.78 Å². The molecule has 3 rings (SSSR count). The number of carbonyl (C=O) groups excluding carboxylic acids is 1. The summed E-state index contributed by atoms with van der Waals surface area (Å²) in [6, 6.07) is 5.30. The van der Waals surface area contributed by atoms with Crippen molar-refractivity contribution in [2.45, 2.75) is 19.3 Å². The van der Waals surface area contributed by atoms with Crippen LogP contribution in [0.15, 0.2) is 24.5 Å². The van der Waals surface area contributed by atoms with Crippen LogP contribution in [0.1, 0.15) is 29.0 Å². The van der Waals surface area contributed by atoms with Crippen molar-refractivity contribution >= 4 is 29.0 Å². The fourth-order valence-corrected chi connectivity index (χ4v) is 2.52. The number of aryl methyl sites for hydroxylation is 1. The minimum Gasteiger partial charge on any atom is -0.296 e. The molecule has 0 saturated carbocycles. The smallest absolute Gasteiger partial charge is 0.181 e. The van der Waals surface area contributed by atoms with E-state index in [0.29, 0.717) is 22.2 Å². The van der Waals surface area contributed by atoms with Crippen molar-refractivity contribution in [3.05, 3.63) is 46.0 Å². The van der Waals surface area contributed by atoms with E-state index >= 15 is 0 Å². The third-order valence-corrected chi connectivity index (χ3v) is 3.85. The lowest BCUT2D eigenvalue weighted by atomic mass is 10.00. The van der Waals surface area contributed by atoms with E-state index in [1.807, 2.05) is 6.07 Å². The van der Waals surface area contributed by atoms with E-state index in [4.69, 9.17) is 23.2 Å². The lowest BCUT2D eigenvalue weighted by molar-refractivity contribution is 0.0965. The molecule has 0 radical (unpaired) electrons. The molecule has 0 bridgehead atoms. The van der Waals surface area contributed by atoms with E-state index in [1.165, 1.54) is 0 Å². The van der Waals surface area contributed by atoms with E-state index in [1.54, 1.807) is 23.0 Å².